The van der Waals surface area contributed by atoms with Gasteiger partial charge in [-0.1, -0.05) is 38.1 Å². The molecule has 0 aliphatic rings. The number of halogens is 1. The van der Waals surface area contributed by atoms with Gasteiger partial charge in [-0.05, 0) is 41.3 Å². The third kappa shape index (κ3) is 4.33. The molecule has 1 N–H and O–H groups in total. The largest absolute Gasteiger partial charge is 0.347 e. The second-order valence-corrected chi connectivity index (χ2v) is 6.49. The highest BCUT2D eigenvalue weighted by molar-refractivity contribution is 5.94. The molecule has 26 heavy (non-hydrogen) atoms. The topological polar surface area (TPSA) is 59.8 Å². The van der Waals surface area contributed by atoms with Crippen LogP contribution >= 0.6 is 0 Å². The molecule has 3 aromatic rings. The fraction of sp³-hybridized carbons (Fsp3) is 0.250. The number of carbonyl (C=O) groups excluding carboxylic acids is 1. The summed E-state index contributed by atoms with van der Waals surface area (Å²) in [6.45, 7) is 4.61. The van der Waals surface area contributed by atoms with Crippen molar-refractivity contribution in [3.63, 3.8) is 0 Å². The molecule has 134 valence electrons. The lowest BCUT2D eigenvalue weighted by Crippen LogP contribution is -2.42. The van der Waals surface area contributed by atoms with Gasteiger partial charge in [0, 0.05) is 5.56 Å². The van der Waals surface area contributed by atoms with Crippen molar-refractivity contribution in [2.75, 3.05) is 0 Å². The van der Waals surface area contributed by atoms with Gasteiger partial charge >= 0.3 is 0 Å². The first kappa shape index (κ1) is 17.8. The molecule has 0 saturated carbocycles. The molecular weight excluding hydrogens is 331 g/mol. The van der Waals surface area contributed by atoms with Crippen molar-refractivity contribution in [2.45, 2.75) is 26.4 Å². The van der Waals surface area contributed by atoms with E-state index in [1.807, 2.05) is 26.0 Å². The number of amides is 1. The Morgan fingerprint density at radius 2 is 1.54 bits per heavy atom. The van der Waals surface area contributed by atoms with Gasteiger partial charge in [-0.3, -0.25) is 4.79 Å². The van der Waals surface area contributed by atoms with Crippen LogP contribution in [0.1, 0.15) is 24.2 Å². The van der Waals surface area contributed by atoms with Crippen molar-refractivity contribution < 1.29 is 9.18 Å². The first-order chi connectivity index (χ1) is 12.5. The van der Waals surface area contributed by atoms with Gasteiger partial charge in [-0.25, -0.2) is 4.39 Å². The Balaban J connectivity index is 1.69. The Labute approximate surface area is 151 Å². The summed E-state index contributed by atoms with van der Waals surface area (Å²) in [6, 6.07) is 13.5. The smallest absolute Gasteiger partial charge is 0.251 e. The first-order valence-electron chi connectivity index (χ1n) is 8.54. The minimum absolute atomic E-state index is 0.0772. The number of hydrogen-bond donors (Lipinski definition) is 1. The number of benzene rings is 2. The standard InChI is InChI=1S/C20H21FN4O/c1-14(2)19(13-25-22-11-12-23-25)24-20(26)17-5-3-15(4-6-17)16-7-9-18(21)10-8-16/h3-12,14,19H,13H2,1-2H3,(H,24,26). The predicted molar refractivity (Wildman–Crippen MR) is 98.0 cm³/mol. The van der Waals surface area contributed by atoms with E-state index in [0.29, 0.717) is 12.1 Å². The van der Waals surface area contributed by atoms with Gasteiger partial charge < -0.3 is 5.32 Å². The van der Waals surface area contributed by atoms with Gasteiger partial charge in [-0.2, -0.15) is 15.0 Å². The normalized spacial score (nSPS) is 12.2. The molecule has 5 nitrogen and oxygen atoms in total. The van der Waals surface area contributed by atoms with Crippen molar-refractivity contribution in [1.82, 2.24) is 20.3 Å². The summed E-state index contributed by atoms with van der Waals surface area (Å²) in [5.74, 6) is -0.166. The average Bonchev–Trinajstić information content (AvgIpc) is 3.15. The fourth-order valence-corrected chi connectivity index (χ4v) is 2.64. The highest BCUT2D eigenvalue weighted by Crippen LogP contribution is 2.20. The van der Waals surface area contributed by atoms with Crippen LogP contribution in [0.5, 0.6) is 0 Å². The van der Waals surface area contributed by atoms with Gasteiger partial charge in [0.25, 0.3) is 5.91 Å². The maximum Gasteiger partial charge on any atom is 0.251 e. The van der Waals surface area contributed by atoms with E-state index >= 15 is 0 Å². The van der Waals surface area contributed by atoms with E-state index < -0.39 is 0 Å². The maximum absolute atomic E-state index is 13.0. The maximum atomic E-state index is 13.0. The lowest BCUT2D eigenvalue weighted by Gasteiger charge is -2.22. The van der Waals surface area contributed by atoms with Crippen LogP contribution in [0.4, 0.5) is 4.39 Å². The molecule has 1 amide bonds. The zero-order valence-corrected chi connectivity index (χ0v) is 14.8. The van der Waals surface area contributed by atoms with Crippen LogP contribution in [0, 0.1) is 11.7 Å². The minimum atomic E-state index is -0.267. The summed E-state index contributed by atoms with van der Waals surface area (Å²) in [6.07, 6.45) is 3.24. The molecule has 0 saturated heterocycles. The van der Waals surface area contributed by atoms with E-state index in [1.165, 1.54) is 12.1 Å². The molecule has 0 aliphatic heterocycles. The summed E-state index contributed by atoms with van der Waals surface area (Å²) in [5, 5.41) is 11.2. The molecule has 0 bridgehead atoms. The van der Waals surface area contributed by atoms with Crippen molar-refractivity contribution in [1.29, 1.82) is 0 Å². The Morgan fingerprint density at radius 3 is 2.08 bits per heavy atom. The number of rotatable bonds is 6. The summed E-state index contributed by atoms with van der Waals surface area (Å²) < 4.78 is 13.0. The predicted octanol–water partition coefficient (Wildman–Crippen LogP) is 3.54. The monoisotopic (exact) mass is 352 g/mol. The van der Waals surface area contributed by atoms with E-state index in [0.717, 1.165) is 11.1 Å². The molecule has 0 aliphatic carbocycles. The molecule has 0 radical (unpaired) electrons. The number of aromatic nitrogens is 3. The number of nitrogens with one attached hydrogen (secondary N) is 1. The SMILES string of the molecule is CC(C)C(Cn1nccn1)NC(=O)c1ccc(-c2ccc(F)cc2)cc1. The molecule has 2 aromatic carbocycles. The molecule has 0 fully saturated rings. The van der Waals surface area contributed by atoms with Crippen molar-refractivity contribution in [3.05, 3.63) is 72.3 Å². The number of hydrogen-bond acceptors (Lipinski definition) is 3. The van der Waals surface area contributed by atoms with Crippen LogP contribution in [-0.2, 0) is 6.54 Å². The molecule has 3 rings (SSSR count). The van der Waals surface area contributed by atoms with Crippen LogP contribution in [0.25, 0.3) is 11.1 Å². The van der Waals surface area contributed by atoms with Gasteiger partial charge in [0.15, 0.2) is 0 Å². The molecule has 1 heterocycles. The Kier molecular flexibility index (Phi) is 5.41. The fourth-order valence-electron chi connectivity index (χ4n) is 2.64. The summed E-state index contributed by atoms with van der Waals surface area (Å²) in [4.78, 5) is 14.1. The van der Waals surface area contributed by atoms with Gasteiger partial charge in [-0.15, -0.1) is 0 Å². The quantitative estimate of drug-likeness (QED) is 0.738. The Bertz CT molecular complexity index is 843. The summed E-state index contributed by atoms with van der Waals surface area (Å²) in [7, 11) is 0. The van der Waals surface area contributed by atoms with Crippen LogP contribution in [0.15, 0.2) is 60.9 Å². The Hall–Kier alpha value is -3.02. The third-order valence-electron chi connectivity index (χ3n) is 4.27. The summed E-state index contributed by atoms with van der Waals surface area (Å²) in [5.41, 5.74) is 2.42. The molecule has 0 spiro atoms. The molecular formula is C20H21FN4O. The molecule has 1 atom stereocenters. The third-order valence-corrected chi connectivity index (χ3v) is 4.27. The second-order valence-electron chi connectivity index (χ2n) is 6.49. The first-order valence-corrected chi connectivity index (χ1v) is 8.54. The number of carbonyl (C=O) groups is 1. The zero-order valence-electron chi connectivity index (χ0n) is 14.8. The van der Waals surface area contributed by atoms with Crippen molar-refractivity contribution in [2.24, 2.45) is 5.92 Å². The highest BCUT2D eigenvalue weighted by atomic mass is 19.1. The van der Waals surface area contributed by atoms with Crippen LogP contribution in [0.2, 0.25) is 0 Å². The van der Waals surface area contributed by atoms with Crippen LogP contribution in [0.3, 0.4) is 0 Å². The molecule has 6 heteroatoms. The average molecular weight is 352 g/mol. The van der Waals surface area contributed by atoms with Gasteiger partial charge in [0.05, 0.1) is 25.0 Å². The highest BCUT2D eigenvalue weighted by Gasteiger charge is 2.18. The summed E-state index contributed by atoms with van der Waals surface area (Å²) >= 11 is 0. The molecule has 1 aromatic heterocycles. The number of nitrogens with zero attached hydrogens (tertiary/aromatic N) is 3. The van der Waals surface area contributed by atoms with Gasteiger partial charge in [0.1, 0.15) is 5.82 Å². The Morgan fingerprint density at radius 1 is 1.00 bits per heavy atom. The minimum Gasteiger partial charge on any atom is -0.347 e. The lowest BCUT2D eigenvalue weighted by atomic mass is 10.0. The van der Waals surface area contributed by atoms with E-state index in [4.69, 9.17) is 0 Å². The second kappa shape index (κ2) is 7.91. The zero-order chi connectivity index (χ0) is 18.5. The van der Waals surface area contributed by atoms with E-state index in [9.17, 15) is 9.18 Å². The lowest BCUT2D eigenvalue weighted by molar-refractivity contribution is 0.0918. The van der Waals surface area contributed by atoms with Crippen molar-refractivity contribution >= 4 is 5.91 Å². The van der Waals surface area contributed by atoms with E-state index in [1.54, 1.807) is 41.5 Å². The van der Waals surface area contributed by atoms with Crippen LogP contribution < -0.4 is 5.32 Å². The van der Waals surface area contributed by atoms with E-state index in [-0.39, 0.29) is 23.7 Å². The van der Waals surface area contributed by atoms with Gasteiger partial charge in [0.2, 0.25) is 0 Å². The van der Waals surface area contributed by atoms with Crippen molar-refractivity contribution in [3.8, 4) is 11.1 Å². The van der Waals surface area contributed by atoms with E-state index in [2.05, 4.69) is 15.5 Å². The molecule has 1 unspecified atom stereocenters. The van der Waals surface area contributed by atoms with Crippen LogP contribution in [-0.4, -0.2) is 26.9 Å².